The summed E-state index contributed by atoms with van der Waals surface area (Å²) in [6.07, 6.45) is 4.83. The number of hydrogen-bond donors (Lipinski definition) is 1. The van der Waals surface area contributed by atoms with Crippen molar-refractivity contribution in [1.82, 2.24) is 14.7 Å². The second kappa shape index (κ2) is 7.96. The summed E-state index contributed by atoms with van der Waals surface area (Å²) in [5.41, 5.74) is 0. The molecule has 1 N–H and O–H groups in total. The molecule has 0 unspecified atom stereocenters. The fourth-order valence-corrected chi connectivity index (χ4v) is 3.23. The van der Waals surface area contributed by atoms with Crippen molar-refractivity contribution in [1.29, 1.82) is 0 Å². The number of piperazine rings is 1. The molecule has 20 heavy (non-hydrogen) atoms. The zero-order valence-corrected chi connectivity index (χ0v) is 12.8. The monoisotopic (exact) mass is 283 g/mol. The minimum atomic E-state index is 0.00405. The van der Waals surface area contributed by atoms with E-state index in [4.69, 9.17) is 5.11 Å². The van der Waals surface area contributed by atoms with Gasteiger partial charge in [0, 0.05) is 45.8 Å². The van der Waals surface area contributed by atoms with Crippen LogP contribution in [0, 0.1) is 0 Å². The number of carbonyl (C=O) groups is 1. The highest BCUT2D eigenvalue weighted by Gasteiger charge is 2.28. The van der Waals surface area contributed by atoms with E-state index in [1.165, 1.54) is 12.8 Å². The molecule has 116 valence electrons. The quantitative estimate of drug-likeness (QED) is 0.811. The highest BCUT2D eigenvalue weighted by molar-refractivity contribution is 5.81. The maximum atomic E-state index is 12.6. The second-order valence-corrected chi connectivity index (χ2v) is 6.02. The molecule has 2 heterocycles. The van der Waals surface area contributed by atoms with Gasteiger partial charge in [0.1, 0.15) is 0 Å². The SMILES string of the molecule is C[C@@H](C(=O)N1CCCCCC1)N1CCN(CCO)CC1. The Balaban J connectivity index is 1.81. The van der Waals surface area contributed by atoms with Gasteiger partial charge in [0.25, 0.3) is 0 Å². The molecule has 2 aliphatic heterocycles. The van der Waals surface area contributed by atoms with Gasteiger partial charge in [0.05, 0.1) is 12.6 Å². The van der Waals surface area contributed by atoms with E-state index >= 15 is 0 Å². The Kier molecular flexibility index (Phi) is 6.26. The van der Waals surface area contributed by atoms with Crippen molar-refractivity contribution in [3.63, 3.8) is 0 Å². The number of likely N-dealkylation sites (tertiary alicyclic amines) is 1. The predicted molar refractivity (Wildman–Crippen MR) is 79.6 cm³/mol. The maximum absolute atomic E-state index is 12.6. The van der Waals surface area contributed by atoms with Gasteiger partial charge in [-0.2, -0.15) is 0 Å². The Labute approximate surface area is 122 Å². The molecule has 0 aromatic carbocycles. The zero-order valence-electron chi connectivity index (χ0n) is 12.8. The lowest BCUT2D eigenvalue weighted by Crippen LogP contribution is -2.54. The van der Waals surface area contributed by atoms with Gasteiger partial charge >= 0.3 is 0 Å². The van der Waals surface area contributed by atoms with Crippen molar-refractivity contribution in [3.8, 4) is 0 Å². The van der Waals surface area contributed by atoms with Crippen LogP contribution in [0.1, 0.15) is 32.6 Å². The minimum absolute atomic E-state index is 0.00405. The lowest BCUT2D eigenvalue weighted by Gasteiger charge is -2.38. The molecular formula is C15H29N3O2. The number of amides is 1. The predicted octanol–water partition coefficient (Wildman–Crippen LogP) is 0.387. The van der Waals surface area contributed by atoms with Gasteiger partial charge in [-0.3, -0.25) is 14.6 Å². The third-order valence-corrected chi connectivity index (χ3v) is 4.65. The average Bonchev–Trinajstić information content (AvgIpc) is 2.76. The van der Waals surface area contributed by atoms with Gasteiger partial charge < -0.3 is 10.0 Å². The Morgan fingerprint density at radius 1 is 1.00 bits per heavy atom. The van der Waals surface area contributed by atoms with Crippen LogP contribution in [0.4, 0.5) is 0 Å². The van der Waals surface area contributed by atoms with E-state index in [2.05, 4.69) is 21.6 Å². The Morgan fingerprint density at radius 2 is 1.60 bits per heavy atom. The molecule has 2 aliphatic rings. The first-order valence-electron chi connectivity index (χ1n) is 8.08. The van der Waals surface area contributed by atoms with Gasteiger partial charge in [-0.1, -0.05) is 12.8 Å². The van der Waals surface area contributed by atoms with Gasteiger partial charge in [-0.05, 0) is 19.8 Å². The molecule has 5 heteroatoms. The summed E-state index contributed by atoms with van der Waals surface area (Å²) >= 11 is 0. The standard InChI is InChI=1S/C15H29N3O2/c1-14(15(20)18-6-4-2-3-5-7-18)17-10-8-16(9-11-17)12-13-19/h14,19H,2-13H2,1H3/t14-/m0/s1. The van der Waals surface area contributed by atoms with Crippen LogP contribution in [0.5, 0.6) is 0 Å². The van der Waals surface area contributed by atoms with E-state index in [1.54, 1.807) is 0 Å². The molecule has 1 atom stereocenters. The van der Waals surface area contributed by atoms with Crippen molar-refractivity contribution in [2.75, 3.05) is 52.4 Å². The molecule has 0 spiro atoms. The Morgan fingerprint density at radius 3 is 2.15 bits per heavy atom. The molecule has 0 saturated carbocycles. The highest BCUT2D eigenvalue weighted by Crippen LogP contribution is 2.14. The number of rotatable bonds is 4. The van der Waals surface area contributed by atoms with Crippen LogP contribution < -0.4 is 0 Å². The van der Waals surface area contributed by atoms with Gasteiger partial charge in [-0.25, -0.2) is 0 Å². The van der Waals surface area contributed by atoms with E-state index in [1.807, 2.05) is 0 Å². The van der Waals surface area contributed by atoms with Gasteiger partial charge in [-0.15, -0.1) is 0 Å². The molecule has 0 bridgehead atoms. The van der Waals surface area contributed by atoms with Gasteiger partial charge in [0.2, 0.25) is 5.91 Å². The molecule has 5 nitrogen and oxygen atoms in total. The largest absolute Gasteiger partial charge is 0.395 e. The van der Waals surface area contributed by atoms with E-state index in [0.29, 0.717) is 5.91 Å². The number of aliphatic hydroxyl groups is 1. The molecule has 0 aromatic rings. The van der Waals surface area contributed by atoms with Crippen molar-refractivity contribution in [2.24, 2.45) is 0 Å². The first-order valence-corrected chi connectivity index (χ1v) is 8.08. The fourth-order valence-electron chi connectivity index (χ4n) is 3.23. The summed E-state index contributed by atoms with van der Waals surface area (Å²) in [6.45, 7) is 8.68. The summed E-state index contributed by atoms with van der Waals surface area (Å²) in [4.78, 5) is 19.2. The van der Waals surface area contributed by atoms with Crippen molar-refractivity contribution < 1.29 is 9.90 Å². The summed E-state index contributed by atoms with van der Waals surface area (Å²) in [6, 6.07) is 0.00405. The average molecular weight is 283 g/mol. The van der Waals surface area contributed by atoms with Crippen LogP contribution in [0.25, 0.3) is 0 Å². The summed E-state index contributed by atoms with van der Waals surface area (Å²) in [5.74, 6) is 0.308. The number of aliphatic hydroxyl groups excluding tert-OH is 1. The Hall–Kier alpha value is -0.650. The summed E-state index contributed by atoms with van der Waals surface area (Å²) in [7, 11) is 0. The fraction of sp³-hybridized carbons (Fsp3) is 0.933. The van der Waals surface area contributed by atoms with Crippen molar-refractivity contribution in [3.05, 3.63) is 0 Å². The van der Waals surface area contributed by atoms with Crippen LogP contribution in [-0.2, 0) is 4.79 Å². The first kappa shape index (κ1) is 15.7. The smallest absolute Gasteiger partial charge is 0.239 e. The number of β-amino-alcohol motifs (C(OH)–C–C–N with tert-alkyl or cyclic N) is 1. The molecule has 0 aliphatic carbocycles. The molecular weight excluding hydrogens is 254 g/mol. The Bertz CT molecular complexity index is 295. The van der Waals surface area contributed by atoms with E-state index < -0.39 is 0 Å². The van der Waals surface area contributed by atoms with Crippen LogP contribution >= 0.6 is 0 Å². The second-order valence-electron chi connectivity index (χ2n) is 6.02. The number of carbonyl (C=O) groups excluding carboxylic acids is 1. The molecule has 2 rings (SSSR count). The third-order valence-electron chi connectivity index (χ3n) is 4.65. The maximum Gasteiger partial charge on any atom is 0.239 e. The van der Waals surface area contributed by atoms with E-state index in [0.717, 1.165) is 58.7 Å². The normalized spacial score (nSPS) is 24.4. The highest BCUT2D eigenvalue weighted by atomic mass is 16.3. The van der Waals surface area contributed by atoms with E-state index in [9.17, 15) is 4.79 Å². The molecule has 2 saturated heterocycles. The van der Waals surface area contributed by atoms with Gasteiger partial charge in [0.15, 0.2) is 0 Å². The lowest BCUT2D eigenvalue weighted by molar-refractivity contribution is -0.137. The first-order chi connectivity index (χ1) is 9.72. The topological polar surface area (TPSA) is 47.0 Å². The lowest BCUT2D eigenvalue weighted by atomic mass is 10.2. The van der Waals surface area contributed by atoms with Crippen molar-refractivity contribution >= 4 is 5.91 Å². The molecule has 0 aromatic heterocycles. The van der Waals surface area contributed by atoms with E-state index in [-0.39, 0.29) is 12.6 Å². The van der Waals surface area contributed by atoms with Crippen LogP contribution in [0.15, 0.2) is 0 Å². The number of hydrogen-bond acceptors (Lipinski definition) is 4. The molecule has 0 radical (unpaired) electrons. The van der Waals surface area contributed by atoms with Crippen LogP contribution in [0.2, 0.25) is 0 Å². The summed E-state index contributed by atoms with van der Waals surface area (Å²) < 4.78 is 0. The minimum Gasteiger partial charge on any atom is -0.395 e. The van der Waals surface area contributed by atoms with Crippen molar-refractivity contribution in [2.45, 2.75) is 38.6 Å². The van der Waals surface area contributed by atoms with Crippen LogP contribution in [0.3, 0.4) is 0 Å². The molecule has 1 amide bonds. The summed E-state index contributed by atoms with van der Waals surface area (Å²) in [5, 5.41) is 8.96. The molecule has 2 fully saturated rings. The zero-order chi connectivity index (χ0) is 14.4. The number of nitrogens with zero attached hydrogens (tertiary/aromatic N) is 3. The third kappa shape index (κ3) is 4.17. The van der Waals surface area contributed by atoms with Crippen LogP contribution in [-0.4, -0.2) is 84.2 Å².